The highest BCUT2D eigenvalue weighted by Gasteiger charge is 2.13. The predicted molar refractivity (Wildman–Crippen MR) is 78.3 cm³/mol. The van der Waals surface area contributed by atoms with E-state index in [-0.39, 0.29) is 0 Å². The lowest BCUT2D eigenvalue weighted by Gasteiger charge is -2.24. The van der Waals surface area contributed by atoms with Crippen LogP contribution in [0.2, 0.25) is 0 Å². The number of nitrogens with zero attached hydrogens (tertiary/aromatic N) is 2. The number of nitrogens with one attached hydrogen (secondary N) is 1. The van der Waals surface area contributed by atoms with Crippen molar-refractivity contribution in [2.45, 2.75) is 13.0 Å². The van der Waals surface area contributed by atoms with Crippen LogP contribution in [0.15, 0.2) is 48.8 Å². The van der Waals surface area contributed by atoms with Crippen LogP contribution in [0.3, 0.4) is 0 Å². The molecule has 0 unspecified atom stereocenters. The van der Waals surface area contributed by atoms with Crippen LogP contribution < -0.4 is 10.2 Å². The quantitative estimate of drug-likeness (QED) is 0.909. The highest BCUT2D eigenvalue weighted by molar-refractivity contribution is 5.54. The zero-order valence-electron chi connectivity index (χ0n) is 11.0. The van der Waals surface area contributed by atoms with Gasteiger partial charge in [-0.2, -0.15) is 0 Å². The molecule has 0 bridgehead atoms. The van der Waals surface area contributed by atoms with Gasteiger partial charge in [-0.15, -0.1) is 0 Å². The number of rotatable bonds is 3. The molecule has 0 saturated carbocycles. The molecule has 0 saturated heterocycles. The number of hydrogen-bond acceptors (Lipinski definition) is 3. The van der Waals surface area contributed by atoms with E-state index in [1.807, 2.05) is 18.5 Å². The van der Waals surface area contributed by atoms with Crippen molar-refractivity contribution in [3.05, 3.63) is 59.9 Å². The molecule has 3 heteroatoms. The van der Waals surface area contributed by atoms with E-state index in [9.17, 15) is 0 Å². The summed E-state index contributed by atoms with van der Waals surface area (Å²) in [6, 6.07) is 12.8. The second-order valence-electron chi connectivity index (χ2n) is 4.90. The standard InChI is InChI=1S/C16H19N3/c1-2-6-16-15(5-1)13-18-9-11-19(16)10-7-14-4-3-8-17-12-14/h1-6,8,12,18H,7,9-11,13H2. The van der Waals surface area contributed by atoms with Gasteiger partial charge in [0.1, 0.15) is 0 Å². The fraction of sp³-hybridized carbons (Fsp3) is 0.312. The summed E-state index contributed by atoms with van der Waals surface area (Å²) in [6.45, 7) is 4.13. The third kappa shape index (κ3) is 2.93. The molecule has 0 spiro atoms. The number of benzene rings is 1. The van der Waals surface area contributed by atoms with Gasteiger partial charge < -0.3 is 10.2 Å². The van der Waals surface area contributed by atoms with Crippen LogP contribution in [0.1, 0.15) is 11.1 Å². The lowest BCUT2D eigenvalue weighted by Crippen LogP contribution is -2.30. The zero-order valence-corrected chi connectivity index (χ0v) is 11.0. The Kier molecular flexibility index (Phi) is 3.75. The highest BCUT2D eigenvalue weighted by atomic mass is 15.2. The van der Waals surface area contributed by atoms with E-state index in [0.717, 1.165) is 32.6 Å². The van der Waals surface area contributed by atoms with Gasteiger partial charge in [0.25, 0.3) is 0 Å². The maximum absolute atomic E-state index is 4.18. The van der Waals surface area contributed by atoms with Gasteiger partial charge in [-0.25, -0.2) is 0 Å². The molecule has 0 radical (unpaired) electrons. The minimum Gasteiger partial charge on any atom is -0.370 e. The summed E-state index contributed by atoms with van der Waals surface area (Å²) in [7, 11) is 0. The molecule has 1 aromatic carbocycles. The normalized spacial score (nSPS) is 14.8. The minimum atomic E-state index is 0.972. The lowest BCUT2D eigenvalue weighted by atomic mass is 10.1. The SMILES string of the molecule is c1cncc(CCN2CCNCc3ccccc32)c1. The first kappa shape index (κ1) is 12.2. The Labute approximate surface area is 114 Å². The first-order chi connectivity index (χ1) is 9.43. The van der Waals surface area contributed by atoms with Crippen molar-refractivity contribution in [1.82, 2.24) is 10.3 Å². The zero-order chi connectivity index (χ0) is 12.9. The number of aromatic nitrogens is 1. The molecule has 0 fully saturated rings. The minimum absolute atomic E-state index is 0.972. The van der Waals surface area contributed by atoms with Gasteiger partial charge in [-0.3, -0.25) is 4.98 Å². The number of pyridine rings is 1. The van der Waals surface area contributed by atoms with Gasteiger partial charge in [-0.1, -0.05) is 24.3 Å². The largest absolute Gasteiger partial charge is 0.370 e. The number of para-hydroxylation sites is 1. The number of anilines is 1. The predicted octanol–water partition coefficient (Wildman–Crippen LogP) is 2.23. The molecular weight excluding hydrogens is 234 g/mol. The summed E-state index contributed by atoms with van der Waals surface area (Å²) < 4.78 is 0. The number of fused-ring (bicyclic) bond motifs is 1. The molecule has 2 aromatic rings. The molecule has 0 aliphatic carbocycles. The van der Waals surface area contributed by atoms with Crippen molar-refractivity contribution in [2.24, 2.45) is 0 Å². The second-order valence-corrected chi connectivity index (χ2v) is 4.90. The number of hydrogen-bond donors (Lipinski definition) is 1. The topological polar surface area (TPSA) is 28.2 Å². The molecule has 98 valence electrons. The fourth-order valence-corrected chi connectivity index (χ4v) is 2.57. The van der Waals surface area contributed by atoms with Crippen molar-refractivity contribution >= 4 is 5.69 Å². The Hall–Kier alpha value is -1.87. The van der Waals surface area contributed by atoms with E-state index in [2.05, 4.69) is 45.5 Å². The van der Waals surface area contributed by atoms with E-state index < -0.39 is 0 Å². The third-order valence-corrected chi connectivity index (χ3v) is 3.60. The molecule has 1 aliphatic heterocycles. The van der Waals surface area contributed by atoms with Crippen LogP contribution in [0.4, 0.5) is 5.69 Å². The van der Waals surface area contributed by atoms with Crippen molar-refractivity contribution in [2.75, 3.05) is 24.5 Å². The van der Waals surface area contributed by atoms with E-state index in [0.29, 0.717) is 0 Å². The Bertz CT molecular complexity index is 525. The first-order valence-corrected chi connectivity index (χ1v) is 6.86. The third-order valence-electron chi connectivity index (χ3n) is 3.60. The molecule has 3 rings (SSSR count). The van der Waals surface area contributed by atoms with Gasteiger partial charge in [-0.05, 0) is 29.7 Å². The maximum Gasteiger partial charge on any atom is 0.0412 e. The molecule has 0 amide bonds. The molecule has 1 aromatic heterocycles. The summed E-state index contributed by atoms with van der Waals surface area (Å²) in [6.07, 6.45) is 4.83. The van der Waals surface area contributed by atoms with Crippen LogP contribution in [0.5, 0.6) is 0 Å². The van der Waals surface area contributed by atoms with Gasteiger partial charge in [0.05, 0.1) is 0 Å². The van der Waals surface area contributed by atoms with E-state index >= 15 is 0 Å². The Balaban J connectivity index is 1.74. The lowest BCUT2D eigenvalue weighted by molar-refractivity contribution is 0.686. The van der Waals surface area contributed by atoms with Crippen LogP contribution in [0, 0.1) is 0 Å². The molecule has 1 aliphatic rings. The van der Waals surface area contributed by atoms with Crippen molar-refractivity contribution in [3.8, 4) is 0 Å². The smallest absolute Gasteiger partial charge is 0.0412 e. The summed E-state index contributed by atoms with van der Waals surface area (Å²) in [5.74, 6) is 0. The molecule has 19 heavy (non-hydrogen) atoms. The molecule has 2 heterocycles. The monoisotopic (exact) mass is 253 g/mol. The average Bonchev–Trinajstić information content (AvgIpc) is 2.68. The van der Waals surface area contributed by atoms with E-state index in [1.165, 1.54) is 16.8 Å². The van der Waals surface area contributed by atoms with Crippen molar-refractivity contribution in [3.63, 3.8) is 0 Å². The van der Waals surface area contributed by atoms with Gasteiger partial charge >= 0.3 is 0 Å². The Morgan fingerprint density at radius 3 is 3.00 bits per heavy atom. The molecule has 3 nitrogen and oxygen atoms in total. The molecule has 1 N–H and O–H groups in total. The van der Waals surface area contributed by atoms with Gasteiger partial charge in [0, 0.05) is 44.3 Å². The summed E-state index contributed by atoms with van der Waals surface area (Å²) in [5, 5.41) is 3.48. The Morgan fingerprint density at radius 1 is 1.16 bits per heavy atom. The molecule has 0 atom stereocenters. The Morgan fingerprint density at radius 2 is 2.11 bits per heavy atom. The van der Waals surface area contributed by atoms with Crippen molar-refractivity contribution < 1.29 is 0 Å². The van der Waals surface area contributed by atoms with Crippen LogP contribution in [-0.2, 0) is 13.0 Å². The molecular formula is C16H19N3. The maximum atomic E-state index is 4.18. The van der Waals surface area contributed by atoms with E-state index in [4.69, 9.17) is 0 Å². The van der Waals surface area contributed by atoms with E-state index in [1.54, 1.807) is 0 Å². The summed E-state index contributed by atoms with van der Waals surface area (Å²) in [5.41, 5.74) is 4.07. The first-order valence-electron chi connectivity index (χ1n) is 6.86. The summed E-state index contributed by atoms with van der Waals surface area (Å²) >= 11 is 0. The van der Waals surface area contributed by atoms with Gasteiger partial charge in [0.2, 0.25) is 0 Å². The average molecular weight is 253 g/mol. The summed E-state index contributed by atoms with van der Waals surface area (Å²) in [4.78, 5) is 6.65. The van der Waals surface area contributed by atoms with Crippen LogP contribution in [0.25, 0.3) is 0 Å². The van der Waals surface area contributed by atoms with Crippen LogP contribution in [-0.4, -0.2) is 24.6 Å². The van der Waals surface area contributed by atoms with Crippen LogP contribution >= 0.6 is 0 Å². The second kappa shape index (κ2) is 5.85. The fourth-order valence-electron chi connectivity index (χ4n) is 2.57. The van der Waals surface area contributed by atoms with Gasteiger partial charge in [0.15, 0.2) is 0 Å². The highest BCUT2D eigenvalue weighted by Crippen LogP contribution is 2.22. The van der Waals surface area contributed by atoms with Crippen molar-refractivity contribution in [1.29, 1.82) is 0 Å².